The van der Waals surface area contributed by atoms with Crippen LogP contribution in [0.15, 0.2) is 24.3 Å². The fraction of sp³-hybridized carbons (Fsp3) is 0.611. The molecule has 1 aromatic rings. The van der Waals surface area contributed by atoms with Gasteiger partial charge in [-0.05, 0) is 49.4 Å². The molecule has 1 aliphatic rings. The van der Waals surface area contributed by atoms with Gasteiger partial charge in [0, 0.05) is 24.7 Å². The lowest BCUT2D eigenvalue weighted by Crippen LogP contribution is -2.47. The van der Waals surface area contributed by atoms with Crippen LogP contribution in [0.3, 0.4) is 0 Å². The molecule has 1 aromatic carbocycles. The molecule has 2 rings (SSSR count). The summed E-state index contributed by atoms with van der Waals surface area (Å²) in [5.74, 6) is 0.515. The second-order valence-corrected chi connectivity index (χ2v) is 6.89. The summed E-state index contributed by atoms with van der Waals surface area (Å²) < 4.78 is 0. The van der Waals surface area contributed by atoms with Gasteiger partial charge in [0.25, 0.3) is 0 Å². The zero-order chi connectivity index (χ0) is 16.2. The molecule has 4 nitrogen and oxygen atoms in total. The average Bonchev–Trinajstić information content (AvgIpc) is 2.81. The van der Waals surface area contributed by atoms with Crippen molar-refractivity contribution in [2.75, 3.05) is 18.5 Å². The topological polar surface area (TPSA) is 52.6 Å². The minimum absolute atomic E-state index is 0.0529. The van der Waals surface area contributed by atoms with Gasteiger partial charge in [0.05, 0.1) is 6.61 Å². The first-order valence-electron chi connectivity index (χ1n) is 8.17. The number of benzene rings is 1. The molecule has 4 heteroatoms. The number of aliphatic hydroxyl groups excluding tert-OH is 1. The van der Waals surface area contributed by atoms with Crippen LogP contribution in [0.4, 0.5) is 5.69 Å². The minimum atomic E-state index is -0.0851. The number of anilines is 1. The zero-order valence-corrected chi connectivity index (χ0v) is 13.9. The Morgan fingerprint density at radius 3 is 2.86 bits per heavy atom. The number of carbonyl (C=O) groups is 1. The van der Waals surface area contributed by atoms with Gasteiger partial charge < -0.3 is 10.4 Å². The standard InChI is InChI=1S/C18H28N2O2/c1-14(2)11-18(13-21)8-5-9-20(18)12-16-6-4-7-17(10-16)19-15(3)22/h4,6-7,10,14,21H,5,8-9,11-13H2,1-3H3,(H,19,22)/t18-/m1/s1. The van der Waals surface area contributed by atoms with Crippen LogP contribution in [0.5, 0.6) is 0 Å². The van der Waals surface area contributed by atoms with E-state index in [0.29, 0.717) is 5.92 Å². The van der Waals surface area contributed by atoms with E-state index in [9.17, 15) is 9.90 Å². The Kier molecular flexibility index (Phi) is 5.59. The van der Waals surface area contributed by atoms with E-state index in [4.69, 9.17) is 0 Å². The van der Waals surface area contributed by atoms with Crippen molar-refractivity contribution in [3.05, 3.63) is 29.8 Å². The normalized spacial score (nSPS) is 22.2. The number of rotatable bonds is 6. The quantitative estimate of drug-likeness (QED) is 0.849. The molecule has 0 unspecified atom stereocenters. The Labute approximate surface area is 133 Å². The van der Waals surface area contributed by atoms with Crippen LogP contribution in [0.1, 0.15) is 45.6 Å². The van der Waals surface area contributed by atoms with E-state index in [0.717, 1.165) is 38.0 Å². The summed E-state index contributed by atoms with van der Waals surface area (Å²) in [5, 5.41) is 12.8. The zero-order valence-electron chi connectivity index (χ0n) is 13.9. The van der Waals surface area contributed by atoms with Gasteiger partial charge in [-0.15, -0.1) is 0 Å². The van der Waals surface area contributed by atoms with E-state index in [-0.39, 0.29) is 18.1 Å². The Hall–Kier alpha value is -1.39. The molecule has 1 aliphatic heterocycles. The molecular weight excluding hydrogens is 276 g/mol. The van der Waals surface area contributed by atoms with Gasteiger partial charge in [-0.3, -0.25) is 9.69 Å². The van der Waals surface area contributed by atoms with Crippen molar-refractivity contribution >= 4 is 11.6 Å². The summed E-state index contributed by atoms with van der Waals surface area (Å²) in [5.41, 5.74) is 1.93. The van der Waals surface area contributed by atoms with Crippen molar-refractivity contribution in [2.45, 2.75) is 52.1 Å². The van der Waals surface area contributed by atoms with Crippen LogP contribution in [0, 0.1) is 5.92 Å². The molecule has 0 spiro atoms. The van der Waals surface area contributed by atoms with Crippen molar-refractivity contribution in [2.24, 2.45) is 5.92 Å². The van der Waals surface area contributed by atoms with Gasteiger partial charge in [-0.2, -0.15) is 0 Å². The molecule has 122 valence electrons. The summed E-state index contributed by atoms with van der Waals surface area (Å²) >= 11 is 0. The number of likely N-dealkylation sites (tertiary alicyclic amines) is 1. The first-order chi connectivity index (χ1) is 10.4. The molecule has 2 N–H and O–H groups in total. The monoisotopic (exact) mass is 304 g/mol. The number of nitrogens with one attached hydrogen (secondary N) is 1. The predicted molar refractivity (Wildman–Crippen MR) is 89.7 cm³/mol. The minimum Gasteiger partial charge on any atom is -0.394 e. The molecule has 1 amide bonds. The van der Waals surface area contributed by atoms with Crippen LogP contribution in [0.25, 0.3) is 0 Å². The maximum Gasteiger partial charge on any atom is 0.221 e. The lowest BCUT2D eigenvalue weighted by molar-refractivity contribution is -0.114. The molecular formula is C18H28N2O2. The van der Waals surface area contributed by atoms with Crippen LogP contribution in [-0.4, -0.2) is 34.6 Å². The highest BCUT2D eigenvalue weighted by molar-refractivity contribution is 5.88. The second kappa shape index (κ2) is 7.25. The second-order valence-electron chi connectivity index (χ2n) is 6.89. The number of aliphatic hydroxyl groups is 1. The van der Waals surface area contributed by atoms with E-state index in [1.807, 2.05) is 18.2 Å². The van der Waals surface area contributed by atoms with Crippen molar-refractivity contribution < 1.29 is 9.90 Å². The van der Waals surface area contributed by atoms with Gasteiger partial charge in [0.15, 0.2) is 0 Å². The van der Waals surface area contributed by atoms with E-state index in [1.165, 1.54) is 12.5 Å². The van der Waals surface area contributed by atoms with E-state index < -0.39 is 0 Å². The average molecular weight is 304 g/mol. The third kappa shape index (κ3) is 4.08. The van der Waals surface area contributed by atoms with Gasteiger partial charge in [-0.25, -0.2) is 0 Å². The lowest BCUT2D eigenvalue weighted by Gasteiger charge is -2.38. The Morgan fingerprint density at radius 1 is 1.45 bits per heavy atom. The van der Waals surface area contributed by atoms with Gasteiger partial charge in [0.2, 0.25) is 5.91 Å². The van der Waals surface area contributed by atoms with Crippen LogP contribution >= 0.6 is 0 Å². The highest BCUT2D eigenvalue weighted by Crippen LogP contribution is 2.36. The molecule has 1 fully saturated rings. The Balaban J connectivity index is 2.13. The number of hydrogen-bond acceptors (Lipinski definition) is 3. The summed E-state index contributed by atoms with van der Waals surface area (Å²) in [6, 6.07) is 7.99. The lowest BCUT2D eigenvalue weighted by atomic mass is 9.87. The van der Waals surface area contributed by atoms with Crippen molar-refractivity contribution in [1.82, 2.24) is 4.90 Å². The van der Waals surface area contributed by atoms with Crippen molar-refractivity contribution in [3.8, 4) is 0 Å². The van der Waals surface area contributed by atoms with Crippen molar-refractivity contribution in [1.29, 1.82) is 0 Å². The van der Waals surface area contributed by atoms with Crippen LogP contribution in [0.2, 0.25) is 0 Å². The first-order valence-corrected chi connectivity index (χ1v) is 8.17. The molecule has 1 atom stereocenters. The summed E-state index contributed by atoms with van der Waals surface area (Å²) in [6.07, 6.45) is 3.22. The van der Waals surface area contributed by atoms with E-state index in [1.54, 1.807) is 0 Å². The fourth-order valence-electron chi connectivity index (χ4n) is 3.65. The number of amides is 1. The third-order valence-corrected chi connectivity index (χ3v) is 4.44. The molecule has 0 bridgehead atoms. The molecule has 0 aromatic heterocycles. The maximum atomic E-state index is 11.2. The van der Waals surface area contributed by atoms with Crippen LogP contribution < -0.4 is 5.32 Å². The van der Waals surface area contributed by atoms with Gasteiger partial charge >= 0.3 is 0 Å². The number of carbonyl (C=O) groups excluding carboxylic acids is 1. The molecule has 0 aliphatic carbocycles. The fourth-order valence-corrected chi connectivity index (χ4v) is 3.65. The van der Waals surface area contributed by atoms with Crippen molar-refractivity contribution in [3.63, 3.8) is 0 Å². The maximum absolute atomic E-state index is 11.2. The van der Waals surface area contributed by atoms with E-state index >= 15 is 0 Å². The number of hydrogen-bond donors (Lipinski definition) is 2. The third-order valence-electron chi connectivity index (χ3n) is 4.44. The summed E-state index contributed by atoms with van der Waals surface area (Å²) in [6.45, 7) is 8.01. The molecule has 22 heavy (non-hydrogen) atoms. The van der Waals surface area contributed by atoms with Gasteiger partial charge in [0.1, 0.15) is 0 Å². The first kappa shape index (κ1) is 17.0. The molecule has 1 saturated heterocycles. The summed E-state index contributed by atoms with van der Waals surface area (Å²) in [7, 11) is 0. The smallest absolute Gasteiger partial charge is 0.221 e. The van der Waals surface area contributed by atoms with E-state index in [2.05, 4.69) is 30.1 Å². The highest BCUT2D eigenvalue weighted by atomic mass is 16.3. The molecule has 0 saturated carbocycles. The SMILES string of the molecule is CC(=O)Nc1cccc(CN2CCC[C@]2(CO)CC(C)C)c1. The highest BCUT2D eigenvalue weighted by Gasteiger charge is 2.40. The molecule has 1 heterocycles. The van der Waals surface area contributed by atoms with Crippen LogP contribution in [-0.2, 0) is 11.3 Å². The Bertz CT molecular complexity index is 516. The Morgan fingerprint density at radius 2 is 2.23 bits per heavy atom. The summed E-state index contributed by atoms with van der Waals surface area (Å²) in [4.78, 5) is 13.6. The number of nitrogens with zero attached hydrogens (tertiary/aromatic N) is 1. The molecule has 0 radical (unpaired) electrons. The van der Waals surface area contributed by atoms with Gasteiger partial charge in [-0.1, -0.05) is 26.0 Å². The largest absolute Gasteiger partial charge is 0.394 e. The predicted octanol–water partition coefficient (Wildman–Crippen LogP) is 3.02.